The number of hydrogen-bond donors (Lipinski definition) is 0. The van der Waals surface area contributed by atoms with Gasteiger partial charge in [0.15, 0.2) is 0 Å². The zero-order chi connectivity index (χ0) is 5.78. The van der Waals surface area contributed by atoms with Gasteiger partial charge in [-0.15, -0.1) is 11.8 Å². The molecule has 0 nitrogen and oxygen atoms in total. The summed E-state index contributed by atoms with van der Waals surface area (Å²) in [6.45, 7) is 4.57. The first-order valence-corrected chi connectivity index (χ1v) is 3.90. The lowest BCUT2D eigenvalue weighted by molar-refractivity contribution is 0.975. The van der Waals surface area contributed by atoms with Gasteiger partial charge in [-0.05, 0) is 31.1 Å². The zero-order valence-corrected chi connectivity index (χ0v) is 6.09. The summed E-state index contributed by atoms with van der Waals surface area (Å²) in [6, 6.07) is 0. The minimum Gasteiger partial charge on any atom is -0.124 e. The second-order valence-corrected chi connectivity index (χ2v) is 4.78. The maximum atomic E-state index is 2.41. The Kier molecular flexibility index (Phi) is 0.710. The van der Waals surface area contributed by atoms with Gasteiger partial charge in [0, 0.05) is 4.75 Å². The summed E-state index contributed by atoms with van der Waals surface area (Å²) in [6.07, 6.45) is 3.83. The highest BCUT2D eigenvalue weighted by molar-refractivity contribution is 8.04. The summed E-state index contributed by atoms with van der Waals surface area (Å²) in [7, 11) is 0. The fourth-order valence-corrected chi connectivity index (χ4v) is 2.87. The van der Waals surface area contributed by atoms with Crippen LogP contribution in [0, 0.1) is 5.92 Å². The van der Waals surface area contributed by atoms with Crippen molar-refractivity contribution in [2.45, 2.75) is 25.0 Å². The molecule has 0 aromatic heterocycles. The van der Waals surface area contributed by atoms with Crippen LogP contribution in [0.2, 0.25) is 0 Å². The molecule has 1 saturated carbocycles. The van der Waals surface area contributed by atoms with Gasteiger partial charge in [0.25, 0.3) is 0 Å². The average molecular weight is 126 g/mol. The molecule has 1 aliphatic carbocycles. The lowest BCUT2D eigenvalue weighted by Crippen LogP contribution is -1.90. The van der Waals surface area contributed by atoms with Gasteiger partial charge in [-0.3, -0.25) is 0 Å². The molecule has 1 aliphatic heterocycles. The highest BCUT2D eigenvalue weighted by atomic mass is 32.2. The van der Waals surface area contributed by atoms with E-state index in [0.29, 0.717) is 4.75 Å². The maximum absolute atomic E-state index is 2.41. The highest BCUT2D eigenvalue weighted by Crippen LogP contribution is 2.62. The molecule has 0 N–H and O–H groups in total. The quantitative estimate of drug-likeness (QED) is 0.480. The summed E-state index contributed by atoms with van der Waals surface area (Å²) in [4.78, 5) is 1.53. The van der Waals surface area contributed by atoms with Gasteiger partial charge in [-0.25, -0.2) is 0 Å². The summed E-state index contributed by atoms with van der Waals surface area (Å²) in [5.74, 6) is 0.937. The third-order valence-electron chi connectivity index (χ3n) is 2.08. The standard InChI is InChI=1S/C7H10S/c1-5-3-6-4-7(6,2)8-5/h3,6H,4H2,1-2H3/t6-,7?/m1/s1. The normalized spacial score (nSPS) is 50.8. The summed E-state index contributed by atoms with van der Waals surface area (Å²) in [5, 5.41) is 0. The summed E-state index contributed by atoms with van der Waals surface area (Å²) < 4.78 is 0.657. The lowest BCUT2D eigenvalue weighted by Gasteiger charge is -2.00. The Hall–Kier alpha value is 0.0900. The predicted molar refractivity (Wildman–Crippen MR) is 37.9 cm³/mol. The van der Waals surface area contributed by atoms with E-state index in [9.17, 15) is 0 Å². The fraction of sp³-hybridized carbons (Fsp3) is 0.714. The van der Waals surface area contributed by atoms with Gasteiger partial charge in [0.1, 0.15) is 0 Å². The zero-order valence-electron chi connectivity index (χ0n) is 5.27. The van der Waals surface area contributed by atoms with Crippen LogP contribution in [0.25, 0.3) is 0 Å². The Morgan fingerprint density at radius 3 is 2.88 bits per heavy atom. The van der Waals surface area contributed by atoms with E-state index in [4.69, 9.17) is 0 Å². The van der Waals surface area contributed by atoms with Crippen LogP contribution < -0.4 is 0 Å². The van der Waals surface area contributed by atoms with Crippen molar-refractivity contribution in [2.75, 3.05) is 0 Å². The van der Waals surface area contributed by atoms with Crippen LogP contribution in [0.4, 0.5) is 0 Å². The molecule has 0 saturated heterocycles. The summed E-state index contributed by atoms with van der Waals surface area (Å²) >= 11 is 2.06. The van der Waals surface area contributed by atoms with Gasteiger partial charge in [-0.2, -0.15) is 0 Å². The maximum Gasteiger partial charge on any atom is 0.0245 e. The molecule has 1 unspecified atom stereocenters. The molecule has 0 aromatic carbocycles. The third-order valence-corrected chi connectivity index (χ3v) is 3.47. The molecule has 44 valence electrons. The predicted octanol–water partition coefficient (Wildman–Crippen LogP) is 2.42. The second-order valence-electron chi connectivity index (χ2n) is 3.00. The largest absolute Gasteiger partial charge is 0.124 e. The molecule has 0 spiro atoms. The van der Waals surface area contributed by atoms with Crippen molar-refractivity contribution < 1.29 is 0 Å². The van der Waals surface area contributed by atoms with Gasteiger partial charge < -0.3 is 0 Å². The fourth-order valence-electron chi connectivity index (χ4n) is 1.42. The number of fused-ring (bicyclic) bond motifs is 1. The van der Waals surface area contributed by atoms with E-state index >= 15 is 0 Å². The number of allylic oxidation sites excluding steroid dienone is 2. The first-order chi connectivity index (χ1) is 3.71. The molecule has 2 aliphatic rings. The Morgan fingerprint density at radius 1 is 1.88 bits per heavy atom. The van der Waals surface area contributed by atoms with E-state index in [1.54, 1.807) is 0 Å². The van der Waals surface area contributed by atoms with Crippen LogP contribution in [0.5, 0.6) is 0 Å². The molecule has 0 amide bonds. The Balaban J connectivity index is 2.24. The van der Waals surface area contributed by atoms with Crippen LogP contribution in [0.1, 0.15) is 20.3 Å². The first kappa shape index (κ1) is 4.92. The van der Waals surface area contributed by atoms with Crippen LogP contribution in [-0.4, -0.2) is 4.75 Å². The van der Waals surface area contributed by atoms with E-state index in [-0.39, 0.29) is 0 Å². The highest BCUT2D eigenvalue weighted by Gasteiger charge is 2.52. The lowest BCUT2D eigenvalue weighted by atomic mass is 10.3. The molecule has 0 aromatic rings. The Morgan fingerprint density at radius 2 is 2.62 bits per heavy atom. The average Bonchev–Trinajstić information content (AvgIpc) is 2.07. The van der Waals surface area contributed by atoms with Crippen LogP contribution >= 0.6 is 11.8 Å². The summed E-state index contributed by atoms with van der Waals surface area (Å²) in [5.41, 5.74) is 0. The van der Waals surface area contributed by atoms with Crippen molar-refractivity contribution in [1.82, 2.24) is 0 Å². The van der Waals surface area contributed by atoms with Crippen molar-refractivity contribution in [3.63, 3.8) is 0 Å². The van der Waals surface area contributed by atoms with E-state index in [2.05, 4.69) is 31.7 Å². The van der Waals surface area contributed by atoms with Gasteiger partial charge in [0.05, 0.1) is 0 Å². The van der Waals surface area contributed by atoms with Gasteiger partial charge >= 0.3 is 0 Å². The van der Waals surface area contributed by atoms with E-state index in [1.807, 2.05) is 0 Å². The van der Waals surface area contributed by atoms with Crippen LogP contribution in [0.3, 0.4) is 0 Å². The molecule has 2 atom stereocenters. The number of thioether (sulfide) groups is 1. The molecule has 8 heavy (non-hydrogen) atoms. The topological polar surface area (TPSA) is 0 Å². The van der Waals surface area contributed by atoms with Crippen molar-refractivity contribution in [3.05, 3.63) is 11.0 Å². The molecular weight excluding hydrogens is 116 g/mol. The van der Waals surface area contributed by atoms with Gasteiger partial charge in [0.2, 0.25) is 0 Å². The van der Waals surface area contributed by atoms with Crippen molar-refractivity contribution >= 4 is 11.8 Å². The third kappa shape index (κ3) is 0.482. The minimum atomic E-state index is 0.657. The van der Waals surface area contributed by atoms with Crippen LogP contribution in [-0.2, 0) is 0 Å². The minimum absolute atomic E-state index is 0.657. The molecule has 0 bridgehead atoms. The molecule has 1 fully saturated rings. The smallest absolute Gasteiger partial charge is 0.0245 e. The number of rotatable bonds is 0. The van der Waals surface area contributed by atoms with E-state index in [0.717, 1.165) is 5.92 Å². The Labute approximate surface area is 54.4 Å². The SMILES string of the molecule is CC1=C[C@@H]2CC2(C)S1. The molecular formula is C7H10S. The van der Waals surface area contributed by atoms with Crippen molar-refractivity contribution in [3.8, 4) is 0 Å². The van der Waals surface area contributed by atoms with Crippen LogP contribution in [0.15, 0.2) is 11.0 Å². The molecule has 0 radical (unpaired) electrons. The van der Waals surface area contributed by atoms with E-state index in [1.165, 1.54) is 11.3 Å². The van der Waals surface area contributed by atoms with E-state index < -0.39 is 0 Å². The molecule has 1 heterocycles. The van der Waals surface area contributed by atoms with Crippen molar-refractivity contribution in [1.29, 1.82) is 0 Å². The van der Waals surface area contributed by atoms with Gasteiger partial charge in [-0.1, -0.05) is 6.08 Å². The second kappa shape index (κ2) is 1.15. The van der Waals surface area contributed by atoms with Crippen molar-refractivity contribution in [2.24, 2.45) is 5.92 Å². The number of hydrogen-bond acceptors (Lipinski definition) is 1. The Bertz CT molecular complexity index is 160. The monoisotopic (exact) mass is 126 g/mol. The molecule has 2 rings (SSSR count). The first-order valence-electron chi connectivity index (χ1n) is 3.08. The molecule has 1 heteroatoms.